The van der Waals surface area contributed by atoms with Crippen LogP contribution in [0.2, 0.25) is 0 Å². The number of aliphatic hydroxyl groups is 4. The minimum atomic E-state index is -1.54. The molecule has 3 rings (SSSR count). The number of hydrogen-bond acceptors (Lipinski definition) is 5. The number of rotatable bonds is 1. The first-order valence-corrected chi connectivity index (χ1v) is 5.84. The van der Waals surface area contributed by atoms with Crippen LogP contribution in [-0.4, -0.2) is 49.4 Å². The molecule has 5 nitrogen and oxygen atoms in total. The molecule has 5 atom stereocenters. The van der Waals surface area contributed by atoms with E-state index in [1.54, 1.807) is 27.7 Å². The molecule has 0 bridgehead atoms. The molecule has 17 heavy (non-hydrogen) atoms. The predicted octanol–water partition coefficient (Wildman–Crippen LogP) is -0.819. The van der Waals surface area contributed by atoms with Gasteiger partial charge in [0.05, 0.1) is 6.10 Å². The maximum absolute atomic E-state index is 10.6. The monoisotopic (exact) mass is 243 g/mol. The van der Waals surface area contributed by atoms with Gasteiger partial charge in [-0.1, -0.05) is 27.7 Å². The first kappa shape index (κ1) is 11.9. The smallest absolute Gasteiger partial charge is 0.134 e. The molecule has 1 radical (unpaired) electrons. The molecular formula is C12H19O5. The van der Waals surface area contributed by atoms with Crippen LogP contribution < -0.4 is 0 Å². The van der Waals surface area contributed by atoms with E-state index < -0.39 is 39.8 Å². The van der Waals surface area contributed by atoms with Gasteiger partial charge in [-0.3, -0.25) is 0 Å². The van der Waals surface area contributed by atoms with Gasteiger partial charge in [0.1, 0.15) is 29.5 Å². The van der Waals surface area contributed by atoms with Crippen molar-refractivity contribution >= 4 is 0 Å². The van der Waals surface area contributed by atoms with Crippen molar-refractivity contribution < 1.29 is 25.2 Å². The van der Waals surface area contributed by atoms with E-state index in [0.29, 0.717) is 0 Å². The normalized spacial score (nSPS) is 62.1. The lowest BCUT2D eigenvalue weighted by molar-refractivity contribution is -0.118. The second-order valence-corrected chi connectivity index (χ2v) is 6.74. The van der Waals surface area contributed by atoms with Crippen molar-refractivity contribution in [3.05, 3.63) is 6.61 Å². The van der Waals surface area contributed by atoms with Crippen LogP contribution in [0.4, 0.5) is 0 Å². The van der Waals surface area contributed by atoms with Gasteiger partial charge in [0.2, 0.25) is 0 Å². The van der Waals surface area contributed by atoms with Gasteiger partial charge in [-0.05, 0) is 0 Å². The maximum atomic E-state index is 10.6. The van der Waals surface area contributed by atoms with Crippen molar-refractivity contribution in [3.8, 4) is 0 Å². The maximum Gasteiger partial charge on any atom is 0.134 e. The predicted molar refractivity (Wildman–Crippen MR) is 57.6 cm³/mol. The number of fused-ring (bicyclic) bond motifs is 1. The zero-order chi connectivity index (χ0) is 13.1. The summed E-state index contributed by atoms with van der Waals surface area (Å²) in [5.41, 5.74) is -6.03. The van der Waals surface area contributed by atoms with Crippen LogP contribution >= 0.6 is 0 Å². The van der Waals surface area contributed by atoms with Gasteiger partial charge in [0, 0.05) is 10.8 Å². The van der Waals surface area contributed by atoms with Gasteiger partial charge in [-0.15, -0.1) is 0 Å². The Hall–Kier alpha value is -0.200. The molecule has 0 aromatic carbocycles. The van der Waals surface area contributed by atoms with E-state index >= 15 is 0 Å². The molecule has 97 valence electrons. The average Bonchev–Trinajstić information content (AvgIpc) is 2.68. The topological polar surface area (TPSA) is 90.2 Å². The van der Waals surface area contributed by atoms with E-state index in [1.165, 1.54) is 6.61 Å². The minimum absolute atomic E-state index is 0.745. The van der Waals surface area contributed by atoms with Gasteiger partial charge in [0.15, 0.2) is 0 Å². The van der Waals surface area contributed by atoms with Crippen molar-refractivity contribution in [3.63, 3.8) is 0 Å². The second kappa shape index (κ2) is 2.42. The van der Waals surface area contributed by atoms with Crippen molar-refractivity contribution in [1.29, 1.82) is 0 Å². The summed E-state index contributed by atoms with van der Waals surface area (Å²) >= 11 is 0. The Balaban J connectivity index is 2.00. The molecule has 3 fully saturated rings. The first-order valence-electron chi connectivity index (χ1n) is 5.84. The Kier molecular flexibility index (Phi) is 1.69. The Morgan fingerprint density at radius 2 is 1.53 bits per heavy atom. The third-order valence-electron chi connectivity index (χ3n) is 5.63. The number of aliphatic hydroxyl groups excluding tert-OH is 1. The molecule has 0 amide bonds. The summed E-state index contributed by atoms with van der Waals surface area (Å²) in [5.74, 6) is 0. The Morgan fingerprint density at radius 1 is 1.06 bits per heavy atom. The molecule has 2 aliphatic carbocycles. The van der Waals surface area contributed by atoms with Gasteiger partial charge in [-0.25, -0.2) is 0 Å². The van der Waals surface area contributed by atoms with Gasteiger partial charge < -0.3 is 25.2 Å². The fourth-order valence-corrected chi connectivity index (χ4v) is 3.58. The lowest BCUT2D eigenvalue weighted by Gasteiger charge is -2.28. The van der Waals surface area contributed by atoms with E-state index in [1.807, 2.05) is 0 Å². The van der Waals surface area contributed by atoms with Crippen molar-refractivity contribution in [1.82, 2.24) is 0 Å². The molecule has 0 aromatic heterocycles. The summed E-state index contributed by atoms with van der Waals surface area (Å²) in [5, 5.41) is 41.1. The van der Waals surface area contributed by atoms with Crippen molar-refractivity contribution in [2.75, 3.05) is 0 Å². The highest BCUT2D eigenvalue weighted by Gasteiger charge is 2.95. The van der Waals surface area contributed by atoms with E-state index in [9.17, 15) is 20.4 Å². The molecule has 2 saturated carbocycles. The summed E-state index contributed by atoms with van der Waals surface area (Å²) in [6, 6.07) is 0. The summed E-state index contributed by atoms with van der Waals surface area (Å²) in [7, 11) is 0. The summed E-state index contributed by atoms with van der Waals surface area (Å²) in [6.07, 6.45) is -1.96. The average molecular weight is 243 g/mol. The summed E-state index contributed by atoms with van der Waals surface area (Å²) in [6.45, 7) is 8.03. The molecule has 4 N–H and O–H groups in total. The van der Waals surface area contributed by atoms with Crippen LogP contribution in [0, 0.1) is 17.4 Å². The van der Waals surface area contributed by atoms with Gasteiger partial charge in [0.25, 0.3) is 0 Å². The highest BCUT2D eigenvalue weighted by atomic mass is 16.6. The van der Waals surface area contributed by atoms with E-state index in [0.717, 1.165) is 0 Å². The lowest BCUT2D eigenvalue weighted by Crippen LogP contribution is -2.47. The second-order valence-electron chi connectivity index (χ2n) is 6.74. The van der Waals surface area contributed by atoms with Crippen molar-refractivity contribution in [2.24, 2.45) is 10.8 Å². The zero-order valence-corrected chi connectivity index (χ0v) is 10.4. The zero-order valence-electron chi connectivity index (χ0n) is 10.4. The van der Waals surface area contributed by atoms with Crippen molar-refractivity contribution in [2.45, 2.75) is 56.7 Å². The molecule has 1 aliphatic heterocycles. The van der Waals surface area contributed by atoms with Crippen LogP contribution in [-0.2, 0) is 4.74 Å². The fraction of sp³-hybridized carbons (Fsp3) is 0.917. The van der Waals surface area contributed by atoms with Crippen LogP contribution in [0.15, 0.2) is 0 Å². The van der Waals surface area contributed by atoms with Crippen LogP contribution in [0.1, 0.15) is 27.7 Å². The molecule has 0 spiro atoms. The number of hydrogen-bond donors (Lipinski definition) is 4. The summed E-state index contributed by atoms with van der Waals surface area (Å²) in [4.78, 5) is 0. The van der Waals surface area contributed by atoms with Gasteiger partial charge in [-0.2, -0.15) is 0 Å². The number of ether oxygens (including phenoxy) is 1. The first-order chi connectivity index (χ1) is 7.49. The highest BCUT2D eigenvalue weighted by molar-refractivity contribution is 5.46. The Morgan fingerprint density at radius 3 is 1.82 bits per heavy atom. The van der Waals surface area contributed by atoms with Gasteiger partial charge >= 0.3 is 0 Å². The van der Waals surface area contributed by atoms with E-state index in [2.05, 4.69) is 0 Å². The van der Waals surface area contributed by atoms with Crippen LogP contribution in [0.3, 0.4) is 0 Å². The lowest BCUT2D eigenvalue weighted by atomic mass is 9.92. The quantitative estimate of drug-likeness (QED) is 0.483. The third kappa shape index (κ3) is 0.788. The molecule has 1 saturated heterocycles. The van der Waals surface area contributed by atoms with E-state index in [-0.39, 0.29) is 0 Å². The largest absolute Gasteiger partial charge is 0.389 e. The molecular weight excluding hydrogens is 224 g/mol. The molecule has 3 aliphatic rings. The fourth-order valence-electron chi connectivity index (χ4n) is 3.58. The molecule has 1 heterocycles. The standard InChI is InChI=1S/C12H19O5/c1-8(2)6(13)11(8,15)7-12(16)9(3,4)10(12,14)5-17-7/h5-7,13-16H,1-4H3/t6?,7-,10+,11-,12-/m1/s1. The third-order valence-corrected chi connectivity index (χ3v) is 5.63. The summed E-state index contributed by atoms with van der Waals surface area (Å²) < 4.78 is 5.25. The molecule has 0 aromatic rings. The van der Waals surface area contributed by atoms with E-state index in [4.69, 9.17) is 4.74 Å². The van der Waals surface area contributed by atoms with Crippen LogP contribution in [0.25, 0.3) is 0 Å². The molecule has 5 heteroatoms. The Labute approximate surface area is 100 Å². The SMILES string of the molecule is CC1(C)C(O)[C@@]1(O)[C@H]1O[CH][C@]2(O)C(C)(C)[C@]12O. The highest BCUT2D eigenvalue weighted by Crippen LogP contribution is 2.77. The molecule has 1 unspecified atom stereocenters. The minimum Gasteiger partial charge on any atom is -0.389 e. The van der Waals surface area contributed by atoms with Crippen LogP contribution in [0.5, 0.6) is 0 Å². The Bertz CT molecular complexity index is 406.